The Morgan fingerprint density at radius 3 is 2.64 bits per heavy atom. The van der Waals surface area contributed by atoms with E-state index in [2.05, 4.69) is 43.5 Å². The number of hydrogen-bond acceptors (Lipinski definition) is 4. The first-order valence-electron chi connectivity index (χ1n) is 9.05. The number of hydrogen-bond donors (Lipinski definition) is 2. The average molecular weight is 348 g/mol. The summed E-state index contributed by atoms with van der Waals surface area (Å²) >= 11 is 0. The second kappa shape index (κ2) is 7.65. The Hall–Kier alpha value is -1.75. The van der Waals surface area contributed by atoms with Crippen molar-refractivity contribution in [3.8, 4) is 5.75 Å². The van der Waals surface area contributed by atoms with Crippen LogP contribution in [0.3, 0.4) is 0 Å². The summed E-state index contributed by atoms with van der Waals surface area (Å²) in [7, 11) is 0. The van der Waals surface area contributed by atoms with Crippen molar-refractivity contribution in [2.45, 2.75) is 65.6 Å². The number of ether oxygens (including phenoxy) is 2. The minimum absolute atomic E-state index is 0.230. The number of amides is 1. The van der Waals surface area contributed by atoms with Crippen molar-refractivity contribution in [2.75, 3.05) is 13.2 Å². The van der Waals surface area contributed by atoms with Crippen LogP contribution in [0.5, 0.6) is 5.75 Å². The molecule has 0 saturated carbocycles. The van der Waals surface area contributed by atoms with Crippen LogP contribution in [0, 0.1) is 5.92 Å². The molecule has 1 atom stereocenters. The maximum Gasteiger partial charge on any atom is 0.407 e. The molecule has 1 aliphatic heterocycles. The average Bonchev–Trinajstić information content (AvgIpc) is 2.96. The minimum atomic E-state index is -0.488. The zero-order chi connectivity index (χ0) is 18.7. The summed E-state index contributed by atoms with van der Waals surface area (Å²) < 4.78 is 10.9. The number of rotatable bonds is 6. The van der Waals surface area contributed by atoms with Crippen molar-refractivity contribution in [1.29, 1.82) is 0 Å². The zero-order valence-corrected chi connectivity index (χ0v) is 16.4. The number of fused-ring (bicyclic) bond motifs is 1. The van der Waals surface area contributed by atoms with Crippen LogP contribution in [-0.4, -0.2) is 30.4 Å². The van der Waals surface area contributed by atoms with Crippen LogP contribution in [0.15, 0.2) is 18.2 Å². The Balaban J connectivity index is 1.93. The highest BCUT2D eigenvalue weighted by Crippen LogP contribution is 2.26. The molecule has 0 radical (unpaired) electrons. The van der Waals surface area contributed by atoms with E-state index in [-0.39, 0.29) is 11.6 Å². The second-order valence-electron chi connectivity index (χ2n) is 8.32. The van der Waals surface area contributed by atoms with E-state index in [1.807, 2.05) is 26.8 Å². The van der Waals surface area contributed by atoms with Gasteiger partial charge in [0, 0.05) is 25.0 Å². The molecule has 0 bridgehead atoms. The standard InChI is InChI=1S/C20H32N2O3/c1-14(2)20(6,13-21-18(23)25-19(3,4)5)22-12-15-7-8-17-16(11-15)9-10-24-17/h7-8,11,14,22H,9-10,12-13H2,1-6H3,(H,21,23)/t20-/m0/s1. The number of alkyl carbamates (subject to hydrolysis) is 1. The third-order valence-electron chi connectivity index (χ3n) is 4.72. The Bertz CT molecular complexity index is 607. The summed E-state index contributed by atoms with van der Waals surface area (Å²) in [5, 5.41) is 6.51. The minimum Gasteiger partial charge on any atom is -0.493 e. The lowest BCUT2D eigenvalue weighted by atomic mass is 9.88. The van der Waals surface area contributed by atoms with Gasteiger partial charge in [0.25, 0.3) is 0 Å². The molecular formula is C20H32N2O3. The predicted molar refractivity (Wildman–Crippen MR) is 100.0 cm³/mol. The Kier molecular flexibility index (Phi) is 5.99. The highest BCUT2D eigenvalue weighted by atomic mass is 16.6. The summed E-state index contributed by atoms with van der Waals surface area (Å²) in [5.41, 5.74) is 1.79. The Labute approximate surface area is 151 Å². The van der Waals surface area contributed by atoms with E-state index in [9.17, 15) is 4.79 Å². The van der Waals surface area contributed by atoms with Crippen LogP contribution in [0.1, 0.15) is 52.7 Å². The van der Waals surface area contributed by atoms with E-state index in [4.69, 9.17) is 9.47 Å². The molecule has 0 aromatic heterocycles. The van der Waals surface area contributed by atoms with Gasteiger partial charge in [-0.25, -0.2) is 4.79 Å². The fraction of sp³-hybridized carbons (Fsp3) is 0.650. The van der Waals surface area contributed by atoms with Gasteiger partial charge in [-0.1, -0.05) is 26.0 Å². The van der Waals surface area contributed by atoms with Crippen LogP contribution < -0.4 is 15.4 Å². The van der Waals surface area contributed by atoms with Gasteiger partial charge in [0.1, 0.15) is 11.4 Å². The smallest absolute Gasteiger partial charge is 0.407 e. The van der Waals surface area contributed by atoms with Crippen LogP contribution in [0.4, 0.5) is 4.79 Å². The summed E-state index contributed by atoms with van der Waals surface area (Å²) in [5.74, 6) is 1.35. The van der Waals surface area contributed by atoms with Gasteiger partial charge in [-0.2, -0.15) is 0 Å². The van der Waals surface area contributed by atoms with Gasteiger partial charge in [0.05, 0.1) is 6.61 Å². The highest BCUT2D eigenvalue weighted by Gasteiger charge is 2.29. The lowest BCUT2D eigenvalue weighted by molar-refractivity contribution is 0.0503. The molecular weight excluding hydrogens is 316 g/mol. The number of carbonyl (C=O) groups is 1. The number of carbonyl (C=O) groups excluding carboxylic acids is 1. The molecule has 140 valence electrons. The van der Waals surface area contributed by atoms with Gasteiger partial charge < -0.3 is 20.1 Å². The van der Waals surface area contributed by atoms with E-state index in [1.54, 1.807) is 0 Å². The quantitative estimate of drug-likeness (QED) is 0.824. The second-order valence-corrected chi connectivity index (χ2v) is 8.32. The first-order chi connectivity index (χ1) is 11.6. The normalized spacial score (nSPS) is 16.1. The zero-order valence-electron chi connectivity index (χ0n) is 16.4. The SMILES string of the molecule is CC(C)[C@](C)(CNC(=O)OC(C)(C)C)NCc1ccc2c(c1)CCO2. The van der Waals surface area contributed by atoms with Gasteiger partial charge in [-0.3, -0.25) is 0 Å². The van der Waals surface area contributed by atoms with Crippen LogP contribution in [0.2, 0.25) is 0 Å². The van der Waals surface area contributed by atoms with Gasteiger partial charge in [-0.15, -0.1) is 0 Å². The van der Waals surface area contributed by atoms with Crippen molar-refractivity contribution >= 4 is 6.09 Å². The summed E-state index contributed by atoms with van der Waals surface area (Å²) in [6, 6.07) is 6.35. The van der Waals surface area contributed by atoms with Crippen molar-refractivity contribution in [3.63, 3.8) is 0 Å². The summed E-state index contributed by atoms with van der Waals surface area (Å²) in [6.07, 6.45) is 0.598. The first kappa shape index (κ1) is 19.6. The summed E-state index contributed by atoms with van der Waals surface area (Å²) in [6.45, 7) is 14.1. The topological polar surface area (TPSA) is 59.6 Å². The molecule has 1 amide bonds. The molecule has 1 aromatic carbocycles. The van der Waals surface area contributed by atoms with Crippen molar-refractivity contribution in [3.05, 3.63) is 29.3 Å². The van der Waals surface area contributed by atoms with E-state index < -0.39 is 5.60 Å². The van der Waals surface area contributed by atoms with Crippen LogP contribution in [-0.2, 0) is 17.7 Å². The van der Waals surface area contributed by atoms with Crippen LogP contribution >= 0.6 is 0 Å². The molecule has 0 unspecified atom stereocenters. The Morgan fingerprint density at radius 2 is 2.00 bits per heavy atom. The predicted octanol–water partition coefficient (Wildman–Crippen LogP) is 3.65. The molecule has 0 saturated heterocycles. The van der Waals surface area contributed by atoms with Gasteiger partial charge in [0.2, 0.25) is 0 Å². The van der Waals surface area contributed by atoms with E-state index >= 15 is 0 Å². The van der Waals surface area contributed by atoms with Gasteiger partial charge in [-0.05, 0) is 50.8 Å². The molecule has 2 N–H and O–H groups in total. The maximum absolute atomic E-state index is 12.0. The van der Waals surface area contributed by atoms with E-state index in [1.165, 1.54) is 11.1 Å². The van der Waals surface area contributed by atoms with Crippen molar-refractivity contribution in [1.82, 2.24) is 10.6 Å². The molecule has 1 aromatic rings. The molecule has 25 heavy (non-hydrogen) atoms. The highest BCUT2D eigenvalue weighted by molar-refractivity contribution is 5.67. The third kappa shape index (κ3) is 5.63. The maximum atomic E-state index is 12.0. The van der Waals surface area contributed by atoms with Gasteiger partial charge in [0.15, 0.2) is 0 Å². The largest absolute Gasteiger partial charge is 0.493 e. The number of benzene rings is 1. The molecule has 0 aliphatic carbocycles. The van der Waals surface area contributed by atoms with Crippen molar-refractivity contribution < 1.29 is 14.3 Å². The lowest BCUT2D eigenvalue weighted by Crippen LogP contribution is -2.55. The summed E-state index contributed by atoms with van der Waals surface area (Å²) in [4.78, 5) is 12.0. The van der Waals surface area contributed by atoms with E-state index in [0.717, 1.165) is 25.3 Å². The molecule has 0 fully saturated rings. The first-order valence-corrected chi connectivity index (χ1v) is 9.05. The molecule has 5 nitrogen and oxygen atoms in total. The fourth-order valence-electron chi connectivity index (χ4n) is 2.69. The van der Waals surface area contributed by atoms with Crippen LogP contribution in [0.25, 0.3) is 0 Å². The van der Waals surface area contributed by atoms with Gasteiger partial charge >= 0.3 is 6.09 Å². The fourth-order valence-corrected chi connectivity index (χ4v) is 2.69. The molecule has 5 heteroatoms. The lowest BCUT2D eigenvalue weighted by Gasteiger charge is -2.35. The molecule has 2 rings (SSSR count). The molecule has 0 spiro atoms. The Morgan fingerprint density at radius 1 is 1.28 bits per heavy atom. The molecule has 1 aliphatic rings. The van der Waals surface area contributed by atoms with E-state index in [0.29, 0.717) is 12.5 Å². The molecule has 1 heterocycles. The third-order valence-corrected chi connectivity index (χ3v) is 4.72. The van der Waals surface area contributed by atoms with Crippen molar-refractivity contribution in [2.24, 2.45) is 5.92 Å². The number of nitrogens with one attached hydrogen (secondary N) is 2. The monoisotopic (exact) mass is 348 g/mol.